The first-order valence-electron chi connectivity index (χ1n) is 6.79. The van der Waals surface area contributed by atoms with Gasteiger partial charge >= 0.3 is 5.97 Å². The molecular formula is C15H19NO3S. The molecule has 0 aromatic heterocycles. The van der Waals surface area contributed by atoms with E-state index in [1.807, 2.05) is 30.3 Å². The van der Waals surface area contributed by atoms with Gasteiger partial charge in [-0.05, 0) is 38.8 Å². The third-order valence-corrected chi connectivity index (χ3v) is 4.06. The van der Waals surface area contributed by atoms with Crippen molar-refractivity contribution in [3.8, 4) is 0 Å². The lowest BCUT2D eigenvalue weighted by Crippen LogP contribution is -2.38. The van der Waals surface area contributed by atoms with Crippen LogP contribution in [0.15, 0.2) is 35.2 Å². The monoisotopic (exact) mass is 293 g/mol. The predicted octanol–water partition coefficient (Wildman–Crippen LogP) is 2.38. The number of amides is 1. The second-order valence-corrected chi connectivity index (χ2v) is 6.35. The Kier molecular flexibility index (Phi) is 5.06. The molecule has 2 atom stereocenters. The summed E-state index contributed by atoms with van der Waals surface area (Å²) in [5.41, 5.74) is 0. The fraction of sp³-hybridized carbons (Fsp3) is 0.467. The van der Waals surface area contributed by atoms with Gasteiger partial charge in [-0.3, -0.25) is 9.59 Å². The van der Waals surface area contributed by atoms with Crippen LogP contribution in [-0.2, 0) is 14.3 Å². The molecule has 1 aromatic rings. The van der Waals surface area contributed by atoms with E-state index in [4.69, 9.17) is 4.74 Å². The molecule has 1 N–H and O–H groups in total. The summed E-state index contributed by atoms with van der Waals surface area (Å²) in [6, 6.07) is 9.94. The standard InChI is InChI=1S/C15H19NO3S/c1-10(14(17)16-12-8-9-12)19-15(18)11(2)20-13-6-4-3-5-7-13/h3-7,10-12H,8-9H2,1-2H3,(H,16,17)/t10-,11-/m1/s1. The van der Waals surface area contributed by atoms with Gasteiger partial charge in [-0.2, -0.15) is 0 Å². The summed E-state index contributed by atoms with van der Waals surface area (Å²) in [7, 11) is 0. The van der Waals surface area contributed by atoms with E-state index in [9.17, 15) is 9.59 Å². The number of hydrogen-bond acceptors (Lipinski definition) is 4. The zero-order chi connectivity index (χ0) is 14.5. The average Bonchev–Trinajstić information content (AvgIpc) is 3.23. The molecule has 1 aliphatic carbocycles. The molecule has 0 bridgehead atoms. The van der Waals surface area contributed by atoms with Crippen LogP contribution in [0.2, 0.25) is 0 Å². The molecule has 0 radical (unpaired) electrons. The minimum Gasteiger partial charge on any atom is -0.452 e. The Balaban J connectivity index is 1.79. The first-order valence-corrected chi connectivity index (χ1v) is 7.67. The lowest BCUT2D eigenvalue weighted by atomic mass is 10.3. The van der Waals surface area contributed by atoms with Gasteiger partial charge in [0.2, 0.25) is 0 Å². The molecule has 108 valence electrons. The maximum atomic E-state index is 11.9. The molecule has 5 heteroatoms. The van der Waals surface area contributed by atoms with E-state index in [1.165, 1.54) is 11.8 Å². The van der Waals surface area contributed by atoms with Crippen LogP contribution >= 0.6 is 11.8 Å². The molecule has 1 aromatic carbocycles. The zero-order valence-electron chi connectivity index (χ0n) is 11.7. The van der Waals surface area contributed by atoms with Crippen LogP contribution in [0.1, 0.15) is 26.7 Å². The molecule has 1 saturated carbocycles. The van der Waals surface area contributed by atoms with Gasteiger partial charge in [0.05, 0.1) is 0 Å². The number of benzene rings is 1. The van der Waals surface area contributed by atoms with Crippen molar-refractivity contribution in [1.29, 1.82) is 0 Å². The summed E-state index contributed by atoms with van der Waals surface area (Å²) in [6.45, 7) is 3.39. The average molecular weight is 293 g/mol. The van der Waals surface area contributed by atoms with Crippen molar-refractivity contribution in [2.45, 2.75) is 49.0 Å². The minimum absolute atomic E-state index is 0.210. The van der Waals surface area contributed by atoms with E-state index in [0.29, 0.717) is 0 Å². The topological polar surface area (TPSA) is 55.4 Å². The Morgan fingerprint density at radius 1 is 1.25 bits per heavy atom. The van der Waals surface area contributed by atoms with Gasteiger partial charge in [-0.15, -0.1) is 11.8 Å². The van der Waals surface area contributed by atoms with Gasteiger partial charge in [0.15, 0.2) is 6.10 Å². The normalized spacial score (nSPS) is 17.1. The summed E-state index contributed by atoms with van der Waals surface area (Å²) in [5.74, 6) is -0.574. The molecule has 4 nitrogen and oxygen atoms in total. The molecule has 1 aliphatic rings. The van der Waals surface area contributed by atoms with Gasteiger partial charge in [-0.25, -0.2) is 0 Å². The van der Waals surface area contributed by atoms with Gasteiger partial charge in [0.25, 0.3) is 5.91 Å². The van der Waals surface area contributed by atoms with Crippen LogP contribution in [-0.4, -0.2) is 29.3 Å². The van der Waals surface area contributed by atoms with E-state index in [1.54, 1.807) is 13.8 Å². The van der Waals surface area contributed by atoms with Crippen LogP contribution in [0.3, 0.4) is 0 Å². The lowest BCUT2D eigenvalue weighted by Gasteiger charge is -2.16. The molecule has 0 aliphatic heterocycles. The maximum absolute atomic E-state index is 11.9. The number of ether oxygens (including phenoxy) is 1. The molecule has 0 spiro atoms. The van der Waals surface area contributed by atoms with E-state index in [-0.39, 0.29) is 23.2 Å². The quantitative estimate of drug-likeness (QED) is 0.646. The molecule has 0 unspecified atom stereocenters. The van der Waals surface area contributed by atoms with Gasteiger partial charge in [0.1, 0.15) is 5.25 Å². The largest absolute Gasteiger partial charge is 0.452 e. The van der Waals surface area contributed by atoms with Crippen LogP contribution in [0.4, 0.5) is 0 Å². The highest BCUT2D eigenvalue weighted by atomic mass is 32.2. The summed E-state index contributed by atoms with van der Waals surface area (Å²) >= 11 is 1.43. The first-order chi connectivity index (χ1) is 9.56. The zero-order valence-corrected chi connectivity index (χ0v) is 12.5. The maximum Gasteiger partial charge on any atom is 0.319 e. The fourth-order valence-corrected chi connectivity index (χ4v) is 2.50. The number of rotatable bonds is 6. The number of nitrogens with one attached hydrogen (secondary N) is 1. The summed E-state index contributed by atoms with van der Waals surface area (Å²) in [4.78, 5) is 24.7. The van der Waals surface area contributed by atoms with Crippen molar-refractivity contribution in [3.63, 3.8) is 0 Å². The smallest absolute Gasteiger partial charge is 0.319 e. The Hall–Kier alpha value is -1.49. The van der Waals surface area contributed by atoms with Crippen LogP contribution < -0.4 is 5.32 Å². The van der Waals surface area contributed by atoms with E-state index in [0.717, 1.165) is 17.7 Å². The molecule has 1 amide bonds. The number of carbonyl (C=O) groups excluding carboxylic acids is 2. The van der Waals surface area contributed by atoms with E-state index < -0.39 is 6.10 Å². The Morgan fingerprint density at radius 3 is 2.50 bits per heavy atom. The summed E-state index contributed by atoms with van der Waals surface area (Å²) in [6.07, 6.45) is 1.31. The molecule has 20 heavy (non-hydrogen) atoms. The second-order valence-electron chi connectivity index (χ2n) is 4.94. The fourth-order valence-electron chi connectivity index (χ4n) is 1.62. The lowest BCUT2D eigenvalue weighted by molar-refractivity contribution is -0.154. The third kappa shape index (κ3) is 4.56. The van der Waals surface area contributed by atoms with Crippen molar-refractivity contribution in [2.24, 2.45) is 0 Å². The van der Waals surface area contributed by atoms with E-state index >= 15 is 0 Å². The van der Waals surface area contributed by atoms with Crippen molar-refractivity contribution in [1.82, 2.24) is 5.32 Å². The highest BCUT2D eigenvalue weighted by Gasteiger charge is 2.28. The summed E-state index contributed by atoms with van der Waals surface area (Å²) in [5, 5.41) is 2.49. The van der Waals surface area contributed by atoms with Crippen molar-refractivity contribution in [3.05, 3.63) is 30.3 Å². The van der Waals surface area contributed by atoms with E-state index in [2.05, 4.69) is 5.32 Å². The van der Waals surface area contributed by atoms with Gasteiger partial charge in [-0.1, -0.05) is 18.2 Å². The minimum atomic E-state index is -0.734. The molecular weight excluding hydrogens is 274 g/mol. The molecule has 0 saturated heterocycles. The Bertz CT molecular complexity index is 473. The molecule has 0 heterocycles. The second kappa shape index (κ2) is 6.79. The number of hydrogen-bond donors (Lipinski definition) is 1. The van der Waals surface area contributed by atoms with Crippen LogP contribution in [0.25, 0.3) is 0 Å². The van der Waals surface area contributed by atoms with Crippen LogP contribution in [0, 0.1) is 0 Å². The highest BCUT2D eigenvalue weighted by molar-refractivity contribution is 8.00. The van der Waals surface area contributed by atoms with Gasteiger partial charge < -0.3 is 10.1 Å². The van der Waals surface area contributed by atoms with Crippen molar-refractivity contribution in [2.75, 3.05) is 0 Å². The predicted molar refractivity (Wildman–Crippen MR) is 78.5 cm³/mol. The third-order valence-electron chi connectivity index (χ3n) is 2.97. The van der Waals surface area contributed by atoms with Crippen molar-refractivity contribution < 1.29 is 14.3 Å². The number of carbonyl (C=O) groups is 2. The highest BCUT2D eigenvalue weighted by Crippen LogP contribution is 2.24. The van der Waals surface area contributed by atoms with Crippen molar-refractivity contribution >= 4 is 23.6 Å². The van der Waals surface area contributed by atoms with Crippen LogP contribution in [0.5, 0.6) is 0 Å². The Morgan fingerprint density at radius 2 is 1.90 bits per heavy atom. The number of thioether (sulfide) groups is 1. The summed E-state index contributed by atoms with van der Waals surface area (Å²) < 4.78 is 5.20. The molecule has 1 fully saturated rings. The SMILES string of the molecule is C[C@@H](OC(=O)[C@@H](C)Sc1ccccc1)C(=O)NC1CC1. The number of esters is 1. The first kappa shape index (κ1) is 14.9. The Labute approximate surface area is 123 Å². The molecule has 2 rings (SSSR count). The van der Waals surface area contributed by atoms with Gasteiger partial charge in [0, 0.05) is 10.9 Å².